The number of amides is 1. The summed E-state index contributed by atoms with van der Waals surface area (Å²) in [6.07, 6.45) is 0.750. The Bertz CT molecular complexity index is 1280. The number of carbonyl (C=O) groups excluding carboxylic acids is 1. The minimum absolute atomic E-state index is 0.0800. The highest BCUT2D eigenvalue weighted by Gasteiger charge is 2.27. The predicted octanol–water partition coefficient (Wildman–Crippen LogP) is 3.27. The summed E-state index contributed by atoms with van der Waals surface area (Å²) in [4.78, 5) is 17.4. The van der Waals surface area contributed by atoms with E-state index in [2.05, 4.69) is 10.3 Å². The number of carbonyl (C=O) groups is 1. The Hall–Kier alpha value is -2.75. The number of benzene rings is 2. The molecular weight excluding hydrogens is 440 g/mol. The highest BCUT2D eigenvalue weighted by molar-refractivity contribution is 7.89. The maximum Gasteiger partial charge on any atom is 0.243 e. The number of nitrogens with one attached hydrogen (secondary N) is 1. The number of aromatic nitrogens is 2. The van der Waals surface area contributed by atoms with Gasteiger partial charge in [-0.15, -0.1) is 0 Å². The first-order chi connectivity index (χ1) is 15.8. The van der Waals surface area contributed by atoms with Crippen molar-refractivity contribution in [3.05, 3.63) is 53.3 Å². The third-order valence-corrected chi connectivity index (χ3v) is 7.98. The van der Waals surface area contributed by atoms with Crippen LogP contribution in [-0.2, 0) is 32.5 Å². The first-order valence-electron chi connectivity index (χ1n) is 11.2. The maximum atomic E-state index is 13.0. The molecule has 3 aromatic rings. The van der Waals surface area contributed by atoms with Crippen molar-refractivity contribution >= 4 is 32.7 Å². The molecular formula is C24H30N4O4S. The van der Waals surface area contributed by atoms with Gasteiger partial charge in [0.05, 0.1) is 29.1 Å². The summed E-state index contributed by atoms with van der Waals surface area (Å²) in [5, 5.41) is 2.95. The van der Waals surface area contributed by atoms with Gasteiger partial charge in [-0.3, -0.25) is 4.79 Å². The molecule has 0 unspecified atom stereocenters. The van der Waals surface area contributed by atoms with E-state index in [9.17, 15) is 13.2 Å². The van der Waals surface area contributed by atoms with Gasteiger partial charge in [0.2, 0.25) is 15.9 Å². The van der Waals surface area contributed by atoms with Crippen LogP contribution in [0.4, 0.5) is 5.69 Å². The molecule has 176 valence electrons. The number of ether oxygens (including phenoxy) is 1. The number of hydrogen-bond donors (Lipinski definition) is 1. The lowest BCUT2D eigenvalue weighted by Crippen LogP contribution is -2.40. The fourth-order valence-electron chi connectivity index (χ4n) is 4.07. The third-order valence-electron chi connectivity index (χ3n) is 6.09. The molecule has 1 aliphatic rings. The average molecular weight is 471 g/mol. The second-order valence-corrected chi connectivity index (χ2v) is 10.2. The fraction of sp³-hybridized carbons (Fsp3) is 0.417. The van der Waals surface area contributed by atoms with Crippen LogP contribution in [0.2, 0.25) is 0 Å². The quantitative estimate of drug-likeness (QED) is 0.572. The number of nitrogens with zero attached hydrogens (tertiary/aromatic N) is 3. The molecule has 4 rings (SSSR count). The fourth-order valence-corrected chi connectivity index (χ4v) is 5.50. The number of imidazole rings is 1. The van der Waals surface area contributed by atoms with Gasteiger partial charge in [-0.1, -0.05) is 6.07 Å². The first-order valence-corrected chi connectivity index (χ1v) is 12.7. The monoisotopic (exact) mass is 470 g/mol. The molecule has 0 radical (unpaired) electrons. The summed E-state index contributed by atoms with van der Waals surface area (Å²) < 4.78 is 34.8. The van der Waals surface area contributed by atoms with Crippen molar-refractivity contribution in [2.24, 2.45) is 0 Å². The van der Waals surface area contributed by atoms with Gasteiger partial charge in [0.15, 0.2) is 0 Å². The minimum atomic E-state index is -3.59. The Morgan fingerprint density at radius 2 is 1.85 bits per heavy atom. The van der Waals surface area contributed by atoms with Crippen molar-refractivity contribution in [2.45, 2.75) is 45.1 Å². The van der Waals surface area contributed by atoms with Gasteiger partial charge in [-0.05, 0) is 62.2 Å². The normalized spacial score (nSPS) is 15.1. The highest BCUT2D eigenvalue weighted by Crippen LogP contribution is 2.24. The lowest BCUT2D eigenvalue weighted by molar-refractivity contribution is -0.116. The first kappa shape index (κ1) is 23.4. The van der Waals surface area contributed by atoms with Gasteiger partial charge in [0.1, 0.15) is 5.82 Å². The van der Waals surface area contributed by atoms with Gasteiger partial charge in [0.25, 0.3) is 0 Å². The molecule has 2 heterocycles. The standard InChI is InChI=1S/C24H30N4O4S/c1-4-28-22-8-7-20(33(30,31)27-11-13-32-14-12-27)16-21(22)26-23(28)9-10-24(29)25-19-6-5-17(2)18(3)15-19/h5-8,15-16H,4,9-14H2,1-3H3,(H,25,29). The Morgan fingerprint density at radius 1 is 1.09 bits per heavy atom. The number of sulfonamides is 1. The van der Waals surface area contributed by atoms with E-state index >= 15 is 0 Å². The largest absolute Gasteiger partial charge is 0.379 e. The number of fused-ring (bicyclic) bond motifs is 1. The maximum absolute atomic E-state index is 13.0. The molecule has 0 saturated carbocycles. The van der Waals surface area contributed by atoms with Crippen LogP contribution in [0, 0.1) is 13.8 Å². The molecule has 1 aromatic heterocycles. The lowest BCUT2D eigenvalue weighted by atomic mass is 10.1. The third kappa shape index (κ3) is 4.95. The molecule has 2 aromatic carbocycles. The summed E-state index contributed by atoms with van der Waals surface area (Å²) in [5.74, 6) is 0.687. The smallest absolute Gasteiger partial charge is 0.243 e. The molecule has 33 heavy (non-hydrogen) atoms. The second-order valence-electron chi connectivity index (χ2n) is 8.29. The second kappa shape index (κ2) is 9.62. The number of anilines is 1. The molecule has 9 heteroatoms. The zero-order valence-corrected chi connectivity index (χ0v) is 20.1. The molecule has 8 nitrogen and oxygen atoms in total. The van der Waals surface area contributed by atoms with Crippen molar-refractivity contribution in [2.75, 3.05) is 31.6 Å². The molecule has 0 atom stereocenters. The minimum Gasteiger partial charge on any atom is -0.379 e. The predicted molar refractivity (Wildman–Crippen MR) is 128 cm³/mol. The number of hydrogen-bond acceptors (Lipinski definition) is 5. The van der Waals surface area contributed by atoms with Crippen molar-refractivity contribution in [3.8, 4) is 0 Å². The molecule has 0 aliphatic carbocycles. The van der Waals surface area contributed by atoms with E-state index in [4.69, 9.17) is 4.74 Å². The summed E-state index contributed by atoms with van der Waals surface area (Å²) in [5.41, 5.74) is 4.58. The van der Waals surface area contributed by atoms with Crippen molar-refractivity contribution < 1.29 is 17.9 Å². The van der Waals surface area contributed by atoms with Gasteiger partial charge in [-0.25, -0.2) is 13.4 Å². The molecule has 1 fully saturated rings. The van der Waals surface area contributed by atoms with Crippen molar-refractivity contribution in [3.63, 3.8) is 0 Å². The van der Waals surface area contributed by atoms with Crippen LogP contribution in [0.25, 0.3) is 11.0 Å². The van der Waals surface area contributed by atoms with Crippen LogP contribution in [0.1, 0.15) is 30.3 Å². The Kier molecular flexibility index (Phi) is 6.83. The van der Waals surface area contributed by atoms with E-state index in [1.165, 1.54) is 9.87 Å². The Balaban J connectivity index is 1.51. The Labute approximate surface area is 194 Å². The van der Waals surface area contributed by atoms with E-state index in [-0.39, 0.29) is 17.2 Å². The summed E-state index contributed by atoms with van der Waals surface area (Å²) >= 11 is 0. The van der Waals surface area contributed by atoms with Gasteiger partial charge < -0.3 is 14.6 Å². The van der Waals surface area contributed by atoms with E-state index in [0.717, 1.165) is 22.6 Å². The zero-order valence-electron chi connectivity index (χ0n) is 19.3. The zero-order chi connectivity index (χ0) is 23.6. The van der Waals surface area contributed by atoms with Gasteiger partial charge >= 0.3 is 0 Å². The van der Waals surface area contributed by atoms with E-state index in [1.807, 2.05) is 43.5 Å². The summed E-state index contributed by atoms with van der Waals surface area (Å²) in [7, 11) is -3.59. The van der Waals surface area contributed by atoms with Gasteiger partial charge in [-0.2, -0.15) is 4.31 Å². The molecule has 1 aliphatic heterocycles. The van der Waals surface area contributed by atoms with Gasteiger partial charge in [0, 0.05) is 38.2 Å². The van der Waals surface area contributed by atoms with Crippen LogP contribution < -0.4 is 5.32 Å². The van der Waals surface area contributed by atoms with Crippen LogP contribution in [0.5, 0.6) is 0 Å². The number of rotatable bonds is 7. The van der Waals surface area contributed by atoms with Crippen LogP contribution in [0.15, 0.2) is 41.3 Å². The SMILES string of the molecule is CCn1c(CCC(=O)Nc2ccc(C)c(C)c2)nc2cc(S(=O)(=O)N3CCOCC3)ccc21. The number of aryl methyl sites for hydroxylation is 4. The molecule has 0 spiro atoms. The summed E-state index contributed by atoms with van der Waals surface area (Å²) in [6, 6.07) is 10.9. The molecule has 0 bridgehead atoms. The van der Waals surface area contributed by atoms with Crippen LogP contribution >= 0.6 is 0 Å². The van der Waals surface area contributed by atoms with Crippen LogP contribution in [0.3, 0.4) is 0 Å². The molecule has 1 saturated heterocycles. The molecule has 1 N–H and O–H groups in total. The average Bonchev–Trinajstić information content (AvgIpc) is 3.17. The highest BCUT2D eigenvalue weighted by atomic mass is 32.2. The summed E-state index contributed by atoms with van der Waals surface area (Å²) in [6.45, 7) is 8.25. The number of morpholine rings is 1. The molecule has 1 amide bonds. The van der Waals surface area contributed by atoms with Crippen molar-refractivity contribution in [1.29, 1.82) is 0 Å². The topological polar surface area (TPSA) is 93.5 Å². The lowest BCUT2D eigenvalue weighted by Gasteiger charge is -2.26. The Morgan fingerprint density at radius 3 is 2.55 bits per heavy atom. The van der Waals surface area contributed by atoms with E-state index in [1.54, 1.807) is 18.2 Å². The van der Waals surface area contributed by atoms with Crippen LogP contribution in [-0.4, -0.2) is 54.5 Å². The van der Waals surface area contributed by atoms with E-state index < -0.39 is 10.0 Å². The van der Waals surface area contributed by atoms with E-state index in [0.29, 0.717) is 44.8 Å². The van der Waals surface area contributed by atoms with Crippen molar-refractivity contribution in [1.82, 2.24) is 13.9 Å².